The molecule has 0 aromatic rings. The molecule has 0 rings (SSSR count). The van der Waals surface area contributed by atoms with Gasteiger partial charge in [0, 0.05) is 6.42 Å². The second kappa shape index (κ2) is 6.14. The van der Waals surface area contributed by atoms with Crippen LogP contribution >= 0.6 is 0 Å². The molecule has 0 bridgehead atoms. The third-order valence-electron chi connectivity index (χ3n) is 0.664. The van der Waals surface area contributed by atoms with Gasteiger partial charge in [-0.25, -0.2) is 0 Å². The van der Waals surface area contributed by atoms with Crippen molar-refractivity contribution in [2.45, 2.75) is 13.3 Å². The highest BCUT2D eigenvalue weighted by Gasteiger charge is 1.77. The quantitative estimate of drug-likeness (QED) is 0.242. The molecule has 0 atom stereocenters. The zero-order chi connectivity index (χ0) is 6.24. The minimum absolute atomic E-state index is 0.383. The van der Waals surface area contributed by atoms with Gasteiger partial charge in [0.05, 0.1) is 0 Å². The first-order valence-corrected chi connectivity index (χ1v) is 2.47. The highest BCUT2D eigenvalue weighted by atomic mass is 16.7. The lowest BCUT2D eigenvalue weighted by Crippen LogP contribution is -1.81. The molecule has 0 saturated heterocycles. The molecule has 0 aromatic carbocycles. The van der Waals surface area contributed by atoms with Crippen molar-refractivity contribution in [3.63, 3.8) is 0 Å². The van der Waals surface area contributed by atoms with Gasteiger partial charge in [-0.3, -0.25) is 0 Å². The molecule has 0 aliphatic carbocycles. The number of rotatable bonds is 4. The maximum Gasteiger partial charge on any atom is 0.155 e. The van der Waals surface area contributed by atoms with Gasteiger partial charge in [-0.2, -0.15) is 0 Å². The van der Waals surface area contributed by atoms with Crippen LogP contribution in [0.3, 0.4) is 0 Å². The van der Waals surface area contributed by atoms with Crippen LogP contribution in [0.15, 0.2) is 17.5 Å². The van der Waals surface area contributed by atoms with Gasteiger partial charge in [-0.1, -0.05) is 12.2 Å². The Morgan fingerprint density at radius 3 is 3.00 bits per heavy atom. The molecule has 46 valence electrons. The van der Waals surface area contributed by atoms with Crippen molar-refractivity contribution >= 4 is 0 Å². The van der Waals surface area contributed by atoms with Crippen molar-refractivity contribution in [1.82, 2.24) is 0 Å². The lowest BCUT2D eigenvalue weighted by atomic mass is 10.4. The summed E-state index contributed by atoms with van der Waals surface area (Å²) in [6.45, 7) is 2.29. The van der Waals surface area contributed by atoms with Gasteiger partial charge in [-0.05, 0) is 6.92 Å². The fraction of sp³-hybridized carbons (Fsp3) is 0.600. The highest BCUT2D eigenvalue weighted by molar-refractivity contribution is 4.75. The van der Waals surface area contributed by atoms with Crippen molar-refractivity contribution in [3.8, 4) is 0 Å². The topological polar surface area (TPSA) is 38.7 Å². The fourth-order valence-corrected chi connectivity index (χ4v) is 0.325. The average molecular weight is 115 g/mol. The Hall–Kier alpha value is -0.860. The number of hydrogen-bond acceptors (Lipinski definition) is 3. The van der Waals surface area contributed by atoms with E-state index < -0.39 is 0 Å². The van der Waals surface area contributed by atoms with Crippen molar-refractivity contribution in [2.75, 3.05) is 6.61 Å². The summed E-state index contributed by atoms with van der Waals surface area (Å²) in [6.07, 6.45) is 4.56. The molecule has 0 spiro atoms. The minimum atomic E-state index is 0.383. The summed E-state index contributed by atoms with van der Waals surface area (Å²) < 4.78 is 0. The maximum absolute atomic E-state index is 9.27. The van der Waals surface area contributed by atoms with Gasteiger partial charge >= 0.3 is 0 Å². The van der Waals surface area contributed by atoms with Crippen LogP contribution in [0.2, 0.25) is 0 Å². The Morgan fingerprint density at radius 2 is 2.50 bits per heavy atom. The molecule has 0 aromatic heterocycles. The van der Waals surface area contributed by atoms with Gasteiger partial charge in [0.25, 0.3) is 0 Å². The first-order valence-electron chi connectivity index (χ1n) is 2.47. The first-order chi connectivity index (χ1) is 3.91. The second-order valence-electron chi connectivity index (χ2n) is 1.27. The van der Waals surface area contributed by atoms with E-state index in [2.05, 4.69) is 10.2 Å². The summed E-state index contributed by atoms with van der Waals surface area (Å²) in [4.78, 5) is 13.4. The highest BCUT2D eigenvalue weighted by Crippen LogP contribution is 1.83. The molecule has 0 heterocycles. The van der Waals surface area contributed by atoms with E-state index in [1.165, 1.54) is 0 Å². The summed E-state index contributed by atoms with van der Waals surface area (Å²) in [5.41, 5.74) is 0. The smallest absolute Gasteiger partial charge is 0.155 e. The number of allylic oxidation sites excluding steroid dienone is 1. The van der Waals surface area contributed by atoms with E-state index in [1.54, 1.807) is 0 Å². The Bertz CT molecular complexity index is 80.5. The van der Waals surface area contributed by atoms with E-state index >= 15 is 0 Å². The fourth-order valence-electron chi connectivity index (χ4n) is 0.325. The molecule has 3 nitrogen and oxygen atoms in total. The Kier molecular flexibility index (Phi) is 5.48. The molecule has 0 saturated carbocycles. The summed E-state index contributed by atoms with van der Waals surface area (Å²) >= 11 is 0. The van der Waals surface area contributed by atoms with Gasteiger partial charge in [0.15, 0.2) is 5.34 Å². The van der Waals surface area contributed by atoms with Crippen LogP contribution < -0.4 is 0 Å². The minimum Gasteiger partial charge on any atom is -0.364 e. The third kappa shape index (κ3) is 5.14. The maximum atomic E-state index is 9.27. The summed E-state index contributed by atoms with van der Waals surface area (Å²) in [6, 6.07) is 0. The van der Waals surface area contributed by atoms with Crippen molar-refractivity contribution in [3.05, 3.63) is 17.1 Å². The van der Waals surface area contributed by atoms with E-state index in [0.717, 1.165) is 6.42 Å². The van der Waals surface area contributed by atoms with E-state index in [4.69, 9.17) is 0 Å². The molecule has 0 aliphatic rings. The van der Waals surface area contributed by atoms with Crippen LogP contribution in [0.5, 0.6) is 0 Å². The van der Waals surface area contributed by atoms with Gasteiger partial charge in [0.1, 0.15) is 6.61 Å². The molecule has 0 radical (unpaired) electrons. The molecule has 0 amide bonds. The summed E-state index contributed by atoms with van der Waals surface area (Å²) in [5, 5.41) is 2.22. The standard InChI is InChI=1S/C5H9NO2/c1-2-3-4-5-8-6-7/h2-3H,4-5H2,1H3/b3-2-. The molecular formula is C5H9NO2. The van der Waals surface area contributed by atoms with Gasteiger partial charge < -0.3 is 4.84 Å². The Balaban J connectivity index is 2.82. The monoisotopic (exact) mass is 115 g/mol. The SMILES string of the molecule is C/C=C\CCON=O. The van der Waals surface area contributed by atoms with Gasteiger partial charge in [-0.15, -0.1) is 4.91 Å². The van der Waals surface area contributed by atoms with Crippen LogP contribution in [0, 0.1) is 4.91 Å². The lowest BCUT2D eigenvalue weighted by Gasteiger charge is -1.86. The van der Waals surface area contributed by atoms with Crippen LogP contribution in [-0.4, -0.2) is 6.61 Å². The van der Waals surface area contributed by atoms with Crippen LogP contribution in [0.4, 0.5) is 0 Å². The van der Waals surface area contributed by atoms with Crippen molar-refractivity contribution in [2.24, 2.45) is 5.34 Å². The molecule has 0 aliphatic heterocycles. The van der Waals surface area contributed by atoms with Crippen LogP contribution in [0.25, 0.3) is 0 Å². The van der Waals surface area contributed by atoms with E-state index in [0.29, 0.717) is 6.61 Å². The number of nitrogens with zero attached hydrogens (tertiary/aromatic N) is 1. The van der Waals surface area contributed by atoms with Crippen molar-refractivity contribution < 1.29 is 4.84 Å². The lowest BCUT2D eigenvalue weighted by molar-refractivity contribution is 0.144. The number of hydrogen-bond donors (Lipinski definition) is 0. The zero-order valence-electron chi connectivity index (χ0n) is 4.83. The molecule has 3 heteroatoms. The zero-order valence-corrected chi connectivity index (χ0v) is 4.83. The van der Waals surface area contributed by atoms with E-state index in [-0.39, 0.29) is 0 Å². The predicted molar refractivity (Wildman–Crippen MR) is 31.2 cm³/mol. The third-order valence-corrected chi connectivity index (χ3v) is 0.664. The molecule has 0 unspecified atom stereocenters. The molecular weight excluding hydrogens is 106 g/mol. The van der Waals surface area contributed by atoms with Gasteiger partial charge in [0.2, 0.25) is 0 Å². The molecule has 8 heavy (non-hydrogen) atoms. The normalized spacial score (nSPS) is 9.62. The van der Waals surface area contributed by atoms with Crippen LogP contribution in [0.1, 0.15) is 13.3 Å². The van der Waals surface area contributed by atoms with E-state index in [1.807, 2.05) is 19.1 Å². The Morgan fingerprint density at radius 1 is 1.75 bits per heavy atom. The molecule has 0 N–H and O–H groups in total. The van der Waals surface area contributed by atoms with E-state index in [9.17, 15) is 4.91 Å². The largest absolute Gasteiger partial charge is 0.364 e. The second-order valence-corrected chi connectivity index (χ2v) is 1.27. The predicted octanol–water partition coefficient (Wildman–Crippen LogP) is 1.65. The van der Waals surface area contributed by atoms with Crippen molar-refractivity contribution in [1.29, 1.82) is 0 Å². The average Bonchev–Trinajstić information content (AvgIpc) is 1.81. The summed E-state index contributed by atoms with van der Waals surface area (Å²) in [7, 11) is 0. The molecule has 0 fully saturated rings. The van der Waals surface area contributed by atoms with Crippen LogP contribution in [-0.2, 0) is 4.84 Å². The first kappa shape index (κ1) is 7.14. The Labute approximate surface area is 48.3 Å². The summed E-state index contributed by atoms with van der Waals surface area (Å²) in [5.74, 6) is 0.